The summed E-state index contributed by atoms with van der Waals surface area (Å²) < 4.78 is 30.7. The van der Waals surface area contributed by atoms with E-state index in [9.17, 15) is 8.42 Å². The highest BCUT2D eigenvalue weighted by Crippen LogP contribution is 2.13. The summed E-state index contributed by atoms with van der Waals surface area (Å²) in [5.74, 6) is 1.30. The molecule has 7 heteroatoms. The Morgan fingerprint density at radius 2 is 1.71 bits per heavy atom. The van der Waals surface area contributed by atoms with E-state index in [4.69, 9.17) is 0 Å². The van der Waals surface area contributed by atoms with Gasteiger partial charge in [-0.25, -0.2) is 0 Å². The molecule has 122 valence electrons. The molecule has 1 heterocycles. The summed E-state index contributed by atoms with van der Waals surface area (Å²) in [6, 6.07) is 1.65. The molecule has 0 bridgehead atoms. The Balaban J connectivity index is 2.77. The van der Waals surface area contributed by atoms with E-state index in [-0.39, 0.29) is 0 Å². The van der Waals surface area contributed by atoms with Crippen molar-refractivity contribution in [1.82, 2.24) is 14.1 Å². The van der Waals surface area contributed by atoms with Crippen molar-refractivity contribution < 1.29 is 8.42 Å². The van der Waals surface area contributed by atoms with E-state index >= 15 is 0 Å². The van der Waals surface area contributed by atoms with Gasteiger partial charge in [0.2, 0.25) is 0 Å². The number of rotatable bonds is 9. The normalized spacial score (nSPS) is 12.6. The molecule has 0 aliphatic carbocycles. The molecule has 21 heavy (non-hydrogen) atoms. The van der Waals surface area contributed by atoms with Crippen molar-refractivity contribution in [3.8, 4) is 0 Å². The standard InChI is InChI=1S/C14H28N4O2S/c1-12(2)6-10-18(11-7-13(3)4)21(19,20)16-14-8-9-17(5)15-14/h8-9,12-13H,6-7,10-11H2,1-5H3,(H,15,16). The minimum absolute atomic E-state index is 0.358. The fraction of sp³-hybridized carbons (Fsp3) is 0.786. The van der Waals surface area contributed by atoms with Crippen LogP contribution in [0, 0.1) is 11.8 Å². The number of nitrogens with zero attached hydrogens (tertiary/aromatic N) is 3. The minimum atomic E-state index is -3.55. The third kappa shape index (κ3) is 6.48. The van der Waals surface area contributed by atoms with Gasteiger partial charge in [0.05, 0.1) is 0 Å². The van der Waals surface area contributed by atoms with Gasteiger partial charge in [0.1, 0.15) is 0 Å². The van der Waals surface area contributed by atoms with Gasteiger partial charge < -0.3 is 0 Å². The summed E-state index contributed by atoms with van der Waals surface area (Å²) in [4.78, 5) is 0. The molecular formula is C14H28N4O2S. The molecular weight excluding hydrogens is 288 g/mol. The molecule has 0 atom stereocenters. The molecule has 0 saturated heterocycles. The third-order valence-electron chi connectivity index (χ3n) is 3.20. The Bertz CT molecular complexity index is 511. The fourth-order valence-corrected chi connectivity index (χ4v) is 3.02. The van der Waals surface area contributed by atoms with Crippen LogP contribution in [-0.2, 0) is 17.3 Å². The second-order valence-corrected chi connectivity index (χ2v) is 7.92. The van der Waals surface area contributed by atoms with E-state index in [2.05, 4.69) is 37.5 Å². The number of aromatic nitrogens is 2. The lowest BCUT2D eigenvalue weighted by Gasteiger charge is -2.23. The number of aryl methyl sites for hydroxylation is 1. The monoisotopic (exact) mass is 316 g/mol. The lowest BCUT2D eigenvalue weighted by Crippen LogP contribution is -2.38. The quantitative estimate of drug-likeness (QED) is 0.761. The van der Waals surface area contributed by atoms with Crippen molar-refractivity contribution >= 4 is 16.0 Å². The summed E-state index contributed by atoms with van der Waals surface area (Å²) in [6.45, 7) is 9.46. The van der Waals surface area contributed by atoms with Crippen LogP contribution in [0.2, 0.25) is 0 Å². The van der Waals surface area contributed by atoms with Crippen molar-refractivity contribution in [2.24, 2.45) is 18.9 Å². The van der Waals surface area contributed by atoms with Gasteiger partial charge in [0, 0.05) is 32.4 Å². The Kier molecular flexibility index (Phi) is 6.67. The Morgan fingerprint density at radius 3 is 2.10 bits per heavy atom. The zero-order valence-electron chi connectivity index (χ0n) is 13.7. The average molecular weight is 316 g/mol. The van der Waals surface area contributed by atoms with E-state index in [0.29, 0.717) is 30.7 Å². The first-order valence-electron chi connectivity index (χ1n) is 7.48. The number of hydrogen-bond acceptors (Lipinski definition) is 3. The van der Waals surface area contributed by atoms with Crippen LogP contribution in [0.5, 0.6) is 0 Å². The highest BCUT2D eigenvalue weighted by Gasteiger charge is 2.22. The van der Waals surface area contributed by atoms with Crippen LogP contribution in [0.1, 0.15) is 40.5 Å². The first-order valence-corrected chi connectivity index (χ1v) is 8.92. The molecule has 0 unspecified atom stereocenters. The molecule has 0 saturated carbocycles. The molecule has 0 spiro atoms. The van der Waals surface area contributed by atoms with Gasteiger partial charge in [-0.15, -0.1) is 0 Å². The van der Waals surface area contributed by atoms with E-state index in [0.717, 1.165) is 12.8 Å². The number of anilines is 1. The topological polar surface area (TPSA) is 67.2 Å². The second-order valence-electron chi connectivity index (χ2n) is 6.25. The molecule has 1 aromatic rings. The Hall–Kier alpha value is -1.08. The van der Waals surface area contributed by atoms with Crippen molar-refractivity contribution in [2.45, 2.75) is 40.5 Å². The molecule has 0 aromatic carbocycles. The van der Waals surface area contributed by atoms with E-state index in [1.165, 1.54) is 4.31 Å². The predicted octanol–water partition coefficient (Wildman–Crippen LogP) is 2.47. The molecule has 1 aromatic heterocycles. The van der Waals surface area contributed by atoms with Crippen LogP contribution in [0.15, 0.2) is 12.3 Å². The highest BCUT2D eigenvalue weighted by molar-refractivity contribution is 7.90. The lowest BCUT2D eigenvalue weighted by atomic mass is 10.1. The zero-order chi connectivity index (χ0) is 16.0. The van der Waals surface area contributed by atoms with Crippen molar-refractivity contribution in [2.75, 3.05) is 17.8 Å². The van der Waals surface area contributed by atoms with Gasteiger partial charge in [0.15, 0.2) is 5.82 Å². The summed E-state index contributed by atoms with van der Waals surface area (Å²) in [6.07, 6.45) is 3.41. The first kappa shape index (κ1) is 18.0. The lowest BCUT2D eigenvalue weighted by molar-refractivity contribution is 0.359. The zero-order valence-corrected chi connectivity index (χ0v) is 14.5. The maximum Gasteiger partial charge on any atom is 0.302 e. The molecule has 1 rings (SSSR count). The van der Waals surface area contributed by atoms with Gasteiger partial charge in [-0.1, -0.05) is 27.7 Å². The largest absolute Gasteiger partial charge is 0.302 e. The molecule has 0 fully saturated rings. The van der Waals surface area contributed by atoms with Crippen LogP contribution in [0.4, 0.5) is 5.82 Å². The number of nitrogens with one attached hydrogen (secondary N) is 1. The molecule has 0 aliphatic rings. The number of hydrogen-bond donors (Lipinski definition) is 1. The van der Waals surface area contributed by atoms with Gasteiger partial charge in [-0.2, -0.15) is 17.8 Å². The summed E-state index contributed by atoms with van der Waals surface area (Å²) >= 11 is 0. The van der Waals surface area contributed by atoms with E-state index < -0.39 is 10.2 Å². The predicted molar refractivity (Wildman–Crippen MR) is 86.2 cm³/mol. The van der Waals surface area contributed by atoms with Gasteiger partial charge in [-0.05, 0) is 24.7 Å². The summed E-state index contributed by atoms with van der Waals surface area (Å²) in [7, 11) is -1.79. The van der Waals surface area contributed by atoms with E-state index in [1.54, 1.807) is 24.0 Å². The van der Waals surface area contributed by atoms with Crippen LogP contribution < -0.4 is 4.72 Å². The van der Waals surface area contributed by atoms with Crippen molar-refractivity contribution in [3.63, 3.8) is 0 Å². The van der Waals surface area contributed by atoms with Crippen LogP contribution >= 0.6 is 0 Å². The van der Waals surface area contributed by atoms with Crippen molar-refractivity contribution in [1.29, 1.82) is 0 Å². The minimum Gasteiger partial charge on any atom is -0.274 e. The Labute approximate surface area is 128 Å². The smallest absolute Gasteiger partial charge is 0.274 e. The van der Waals surface area contributed by atoms with Gasteiger partial charge in [0.25, 0.3) is 0 Å². The summed E-state index contributed by atoms with van der Waals surface area (Å²) in [5.41, 5.74) is 0. The SMILES string of the molecule is CC(C)CCN(CCC(C)C)S(=O)(=O)Nc1ccn(C)n1. The first-order chi connectivity index (χ1) is 9.70. The summed E-state index contributed by atoms with van der Waals surface area (Å²) in [5, 5.41) is 4.07. The highest BCUT2D eigenvalue weighted by atomic mass is 32.2. The molecule has 0 radical (unpaired) electrons. The molecule has 6 nitrogen and oxygen atoms in total. The van der Waals surface area contributed by atoms with Gasteiger partial charge >= 0.3 is 10.2 Å². The molecule has 0 amide bonds. The third-order valence-corrected chi connectivity index (χ3v) is 4.71. The average Bonchev–Trinajstić information content (AvgIpc) is 2.72. The van der Waals surface area contributed by atoms with Crippen LogP contribution in [0.25, 0.3) is 0 Å². The second kappa shape index (κ2) is 7.79. The molecule has 1 N–H and O–H groups in total. The van der Waals surface area contributed by atoms with Gasteiger partial charge in [-0.3, -0.25) is 9.40 Å². The Morgan fingerprint density at radius 1 is 1.19 bits per heavy atom. The van der Waals surface area contributed by atoms with Crippen LogP contribution in [-0.4, -0.2) is 35.6 Å². The van der Waals surface area contributed by atoms with Crippen molar-refractivity contribution in [3.05, 3.63) is 12.3 Å². The maximum atomic E-state index is 12.5. The maximum absolute atomic E-state index is 12.5. The van der Waals surface area contributed by atoms with E-state index in [1.807, 2.05) is 0 Å². The fourth-order valence-electron chi connectivity index (χ4n) is 1.82. The molecule has 0 aliphatic heterocycles. The van der Waals surface area contributed by atoms with Crippen LogP contribution in [0.3, 0.4) is 0 Å².